The predicted molar refractivity (Wildman–Crippen MR) is 101 cm³/mol. The molecule has 3 rings (SSSR count). The van der Waals surface area contributed by atoms with E-state index in [1.54, 1.807) is 12.1 Å². The number of aromatic carboxylic acids is 1. The SMILES string of the molecule is C[C@H](NC(=O)[C@H]1CCCN1Cc1ccc(F)c(F)c1)c1ccc(C(=O)O)cc1.[H-].[Li+]. The summed E-state index contributed by atoms with van der Waals surface area (Å²) in [6.07, 6.45) is 1.55. The molecular weight excluding hydrogens is 373 g/mol. The van der Waals surface area contributed by atoms with Gasteiger partial charge in [0.05, 0.1) is 17.6 Å². The molecule has 0 saturated carbocycles. The fourth-order valence-electron chi connectivity index (χ4n) is 3.49. The molecule has 1 aliphatic heterocycles. The minimum Gasteiger partial charge on any atom is -1.00 e. The van der Waals surface area contributed by atoms with Gasteiger partial charge in [-0.1, -0.05) is 18.2 Å². The average Bonchev–Trinajstić information content (AvgIpc) is 3.13. The number of benzene rings is 2. The summed E-state index contributed by atoms with van der Waals surface area (Å²) >= 11 is 0. The van der Waals surface area contributed by atoms with E-state index in [1.807, 2.05) is 11.8 Å². The molecule has 1 aliphatic rings. The van der Waals surface area contributed by atoms with E-state index in [0.29, 0.717) is 25.1 Å². The maximum absolute atomic E-state index is 13.4. The van der Waals surface area contributed by atoms with Gasteiger partial charge < -0.3 is 11.8 Å². The normalized spacial score (nSPS) is 17.4. The summed E-state index contributed by atoms with van der Waals surface area (Å²) in [6.45, 7) is 2.91. The van der Waals surface area contributed by atoms with Crippen LogP contribution >= 0.6 is 0 Å². The minimum absolute atomic E-state index is 0. The smallest absolute Gasteiger partial charge is 1.00 e. The van der Waals surface area contributed by atoms with Gasteiger partial charge in [0, 0.05) is 6.54 Å². The van der Waals surface area contributed by atoms with E-state index < -0.39 is 17.6 Å². The van der Waals surface area contributed by atoms with E-state index in [-0.39, 0.29) is 43.8 Å². The third-order valence-corrected chi connectivity index (χ3v) is 5.05. The van der Waals surface area contributed by atoms with Crippen molar-refractivity contribution in [2.45, 2.75) is 38.4 Å². The monoisotopic (exact) mass is 396 g/mol. The van der Waals surface area contributed by atoms with Gasteiger partial charge >= 0.3 is 24.8 Å². The Morgan fingerprint density at radius 3 is 2.52 bits per heavy atom. The molecule has 1 saturated heterocycles. The zero-order valence-corrected chi connectivity index (χ0v) is 16.5. The van der Waals surface area contributed by atoms with Crippen LogP contribution in [0, 0.1) is 11.6 Å². The molecule has 0 unspecified atom stereocenters. The van der Waals surface area contributed by atoms with Crippen molar-refractivity contribution >= 4 is 11.9 Å². The molecule has 2 atom stereocenters. The third-order valence-electron chi connectivity index (χ3n) is 5.05. The summed E-state index contributed by atoms with van der Waals surface area (Å²) in [5.41, 5.74) is 1.62. The molecular formula is C21H23F2LiN2O3. The van der Waals surface area contributed by atoms with E-state index in [0.717, 1.165) is 24.1 Å². The van der Waals surface area contributed by atoms with Crippen molar-refractivity contribution in [2.24, 2.45) is 0 Å². The number of nitrogens with zero attached hydrogens (tertiary/aromatic N) is 1. The fourth-order valence-corrected chi connectivity index (χ4v) is 3.49. The number of carboxylic acid groups (broad SMARTS) is 1. The summed E-state index contributed by atoms with van der Waals surface area (Å²) < 4.78 is 26.5. The van der Waals surface area contributed by atoms with Crippen LogP contribution in [0.4, 0.5) is 8.78 Å². The van der Waals surface area contributed by atoms with E-state index in [1.165, 1.54) is 18.2 Å². The van der Waals surface area contributed by atoms with Crippen LogP contribution in [0.2, 0.25) is 0 Å². The van der Waals surface area contributed by atoms with Gasteiger partial charge in [-0.05, 0) is 61.7 Å². The maximum atomic E-state index is 13.4. The standard InChI is InChI=1S/C21H22F2N2O3.Li.H/c1-13(15-5-7-16(8-6-15)21(27)28)24-20(26)19-3-2-10-25(19)12-14-4-9-17(22)18(23)11-14;;/h4-9,11,13,19H,2-3,10,12H2,1H3,(H,24,26)(H,27,28);;/q;+1;-1/t13-,19+;;/m0../s1. The van der Waals surface area contributed by atoms with Crippen LogP contribution in [-0.2, 0) is 11.3 Å². The Bertz CT molecular complexity index is 883. The van der Waals surface area contributed by atoms with Gasteiger partial charge in [0.25, 0.3) is 0 Å². The Labute approximate surface area is 181 Å². The first-order valence-electron chi connectivity index (χ1n) is 9.17. The van der Waals surface area contributed by atoms with Gasteiger partial charge in [-0.2, -0.15) is 0 Å². The van der Waals surface area contributed by atoms with Crippen molar-refractivity contribution in [3.8, 4) is 0 Å². The van der Waals surface area contributed by atoms with E-state index in [9.17, 15) is 18.4 Å². The number of carbonyl (C=O) groups is 2. The van der Waals surface area contributed by atoms with Crippen molar-refractivity contribution in [3.05, 3.63) is 70.8 Å². The molecule has 2 aromatic carbocycles. The number of carboxylic acids is 1. The van der Waals surface area contributed by atoms with Gasteiger partial charge in [0.2, 0.25) is 5.91 Å². The van der Waals surface area contributed by atoms with Gasteiger partial charge in [-0.25, -0.2) is 13.6 Å². The molecule has 0 aliphatic carbocycles. The summed E-state index contributed by atoms with van der Waals surface area (Å²) in [5, 5.41) is 11.9. The molecule has 0 spiro atoms. The number of likely N-dealkylation sites (tertiary alicyclic amines) is 1. The fraction of sp³-hybridized carbons (Fsp3) is 0.333. The van der Waals surface area contributed by atoms with Crippen molar-refractivity contribution in [1.82, 2.24) is 10.2 Å². The summed E-state index contributed by atoms with van der Waals surface area (Å²) in [6, 6.07) is 9.54. The topological polar surface area (TPSA) is 69.6 Å². The second-order valence-electron chi connectivity index (χ2n) is 7.03. The quantitative estimate of drug-likeness (QED) is 0.703. The largest absolute Gasteiger partial charge is 1.00 e. The molecule has 0 radical (unpaired) electrons. The Morgan fingerprint density at radius 2 is 1.90 bits per heavy atom. The van der Waals surface area contributed by atoms with Gasteiger partial charge in [0.15, 0.2) is 11.6 Å². The predicted octanol–water partition coefficient (Wildman–Crippen LogP) is 0.621. The Kier molecular flexibility index (Phi) is 7.97. The van der Waals surface area contributed by atoms with Crippen LogP contribution in [-0.4, -0.2) is 34.5 Å². The third kappa shape index (κ3) is 5.66. The van der Waals surface area contributed by atoms with Crippen LogP contribution in [0.1, 0.15) is 48.7 Å². The molecule has 150 valence electrons. The first-order valence-corrected chi connectivity index (χ1v) is 9.17. The average molecular weight is 396 g/mol. The number of hydrogen-bond acceptors (Lipinski definition) is 3. The number of hydrogen-bond donors (Lipinski definition) is 2. The molecule has 0 aromatic heterocycles. The van der Waals surface area contributed by atoms with Crippen molar-refractivity contribution in [2.75, 3.05) is 6.54 Å². The molecule has 2 aromatic rings. The molecule has 2 N–H and O–H groups in total. The van der Waals surface area contributed by atoms with E-state index in [2.05, 4.69) is 5.32 Å². The van der Waals surface area contributed by atoms with Crippen molar-refractivity contribution in [1.29, 1.82) is 0 Å². The van der Waals surface area contributed by atoms with E-state index in [4.69, 9.17) is 5.11 Å². The van der Waals surface area contributed by atoms with Gasteiger partial charge in [-0.3, -0.25) is 9.69 Å². The first-order chi connectivity index (χ1) is 13.3. The van der Waals surface area contributed by atoms with E-state index >= 15 is 0 Å². The second kappa shape index (κ2) is 10.0. The summed E-state index contributed by atoms with van der Waals surface area (Å²) in [4.78, 5) is 25.6. The van der Waals surface area contributed by atoms with Crippen LogP contribution in [0.15, 0.2) is 42.5 Å². The molecule has 5 nitrogen and oxygen atoms in total. The molecule has 1 amide bonds. The summed E-state index contributed by atoms with van der Waals surface area (Å²) in [7, 11) is 0. The van der Waals surface area contributed by atoms with Crippen LogP contribution in [0.3, 0.4) is 0 Å². The zero-order chi connectivity index (χ0) is 20.3. The molecule has 0 bridgehead atoms. The van der Waals surface area contributed by atoms with Gasteiger partial charge in [-0.15, -0.1) is 0 Å². The second-order valence-corrected chi connectivity index (χ2v) is 7.03. The number of amides is 1. The van der Waals surface area contributed by atoms with Crippen LogP contribution < -0.4 is 24.2 Å². The minimum atomic E-state index is -0.998. The van der Waals surface area contributed by atoms with Crippen molar-refractivity contribution < 1.29 is 43.8 Å². The van der Waals surface area contributed by atoms with Crippen molar-refractivity contribution in [3.63, 3.8) is 0 Å². The van der Waals surface area contributed by atoms with Gasteiger partial charge in [0.1, 0.15) is 0 Å². The number of rotatable bonds is 6. The maximum Gasteiger partial charge on any atom is 1.00 e. The molecule has 1 fully saturated rings. The Hall–Kier alpha value is -2.20. The number of halogens is 2. The molecule has 1 heterocycles. The first kappa shape index (κ1) is 23.1. The number of nitrogens with one attached hydrogen (secondary N) is 1. The Balaban J connectivity index is 0.00000225. The Morgan fingerprint density at radius 1 is 1.21 bits per heavy atom. The summed E-state index contributed by atoms with van der Waals surface area (Å²) in [5.74, 6) is -2.91. The molecule has 29 heavy (non-hydrogen) atoms. The molecule has 8 heteroatoms. The number of carbonyl (C=O) groups excluding carboxylic acids is 1. The van der Waals surface area contributed by atoms with Crippen LogP contribution in [0.5, 0.6) is 0 Å². The van der Waals surface area contributed by atoms with Crippen LogP contribution in [0.25, 0.3) is 0 Å². The zero-order valence-electron chi connectivity index (χ0n) is 17.5.